The second kappa shape index (κ2) is 10.7. The maximum atomic E-state index is 13.6. The van der Waals surface area contributed by atoms with Crippen LogP contribution in [0.15, 0.2) is 28.6 Å². The Balaban J connectivity index is 1.47. The molecule has 2 heterocycles. The zero-order valence-corrected chi connectivity index (χ0v) is 21.1. The molecule has 2 aliphatic heterocycles. The van der Waals surface area contributed by atoms with E-state index in [1.165, 1.54) is 12.5 Å². The highest BCUT2D eigenvalue weighted by Crippen LogP contribution is 2.36. The monoisotopic (exact) mass is 541 g/mol. The van der Waals surface area contributed by atoms with Gasteiger partial charge in [0.05, 0.1) is 5.56 Å². The Hall–Kier alpha value is -2.57. The number of carbonyl (C=O) groups excluding carboxylic acids is 2. The van der Waals surface area contributed by atoms with Crippen molar-refractivity contribution in [1.82, 2.24) is 9.62 Å². The van der Waals surface area contributed by atoms with E-state index >= 15 is 0 Å². The summed E-state index contributed by atoms with van der Waals surface area (Å²) in [5.41, 5.74) is -2.36. The predicted molar refractivity (Wildman–Crippen MR) is 131 cm³/mol. The summed E-state index contributed by atoms with van der Waals surface area (Å²) in [6, 6.07) is 3.18. The van der Waals surface area contributed by atoms with Gasteiger partial charge in [0, 0.05) is 30.8 Å². The van der Waals surface area contributed by atoms with Crippen molar-refractivity contribution in [1.29, 1.82) is 0 Å². The van der Waals surface area contributed by atoms with Gasteiger partial charge in [-0.3, -0.25) is 14.6 Å². The third-order valence-corrected chi connectivity index (χ3v) is 8.89. The largest absolute Gasteiger partial charge is 0.416 e. The molecule has 1 aromatic carbocycles. The standard InChI is InChI=1S/C25H30F3N3O5S/c26-25(27,28)21-15-17(14-20(33)16-32)6-7-18(21)8-13-37(35,36)31-11-9-24(10-12-31)23(34)29-22(30-24)19-4-2-1-3-5-19/h6-8,13,15,19,32H,1-5,9-12,14,16H2,(H,29,30,34)/b13-8+. The molecule has 2 fully saturated rings. The third kappa shape index (κ3) is 6.12. The smallest absolute Gasteiger partial charge is 0.389 e. The zero-order chi connectivity index (χ0) is 26.8. The number of hydrogen-bond acceptors (Lipinski definition) is 6. The van der Waals surface area contributed by atoms with Crippen LogP contribution in [0.5, 0.6) is 0 Å². The first kappa shape index (κ1) is 27.5. The molecule has 3 aliphatic rings. The molecular weight excluding hydrogens is 511 g/mol. The van der Waals surface area contributed by atoms with Crippen molar-refractivity contribution < 1.29 is 36.3 Å². The van der Waals surface area contributed by atoms with Crippen LogP contribution >= 0.6 is 0 Å². The first-order valence-corrected chi connectivity index (χ1v) is 13.9. The second-order valence-corrected chi connectivity index (χ2v) is 11.7. The summed E-state index contributed by atoms with van der Waals surface area (Å²) in [6.07, 6.45) is 1.43. The summed E-state index contributed by atoms with van der Waals surface area (Å²) in [7, 11) is -4.06. The Bertz CT molecular complexity index is 1210. The minimum atomic E-state index is -4.77. The number of nitrogens with one attached hydrogen (secondary N) is 1. The number of nitrogens with zero attached hydrogens (tertiary/aromatic N) is 2. The van der Waals surface area contributed by atoms with Crippen LogP contribution in [0, 0.1) is 5.92 Å². The van der Waals surface area contributed by atoms with Crippen LogP contribution in [0.4, 0.5) is 13.2 Å². The number of rotatable bonds is 7. The minimum absolute atomic E-state index is 0.0237. The lowest BCUT2D eigenvalue weighted by molar-refractivity contribution is -0.137. The molecule has 37 heavy (non-hydrogen) atoms. The van der Waals surface area contributed by atoms with Gasteiger partial charge in [0.1, 0.15) is 18.0 Å². The van der Waals surface area contributed by atoms with E-state index in [1.807, 2.05) is 0 Å². The van der Waals surface area contributed by atoms with Gasteiger partial charge in [0.15, 0.2) is 5.78 Å². The number of sulfonamides is 1. The summed E-state index contributed by atoms with van der Waals surface area (Å²) in [4.78, 5) is 28.9. The van der Waals surface area contributed by atoms with Gasteiger partial charge in [0.25, 0.3) is 5.91 Å². The number of Topliss-reactive ketones (excluding diaryl/α,β-unsaturated/α-hetero) is 1. The Morgan fingerprint density at radius 1 is 1.19 bits per heavy atom. The Labute approximate surface area is 213 Å². The molecule has 0 atom stereocenters. The van der Waals surface area contributed by atoms with Crippen molar-refractivity contribution in [3.8, 4) is 0 Å². The van der Waals surface area contributed by atoms with Crippen LogP contribution in [0.1, 0.15) is 61.6 Å². The normalized spacial score (nSPS) is 21.4. The van der Waals surface area contributed by atoms with Crippen LogP contribution in [0.25, 0.3) is 6.08 Å². The van der Waals surface area contributed by atoms with Crippen molar-refractivity contribution in [2.45, 2.75) is 63.1 Å². The van der Waals surface area contributed by atoms with Crippen LogP contribution < -0.4 is 5.32 Å². The number of alkyl halides is 3. The van der Waals surface area contributed by atoms with E-state index in [4.69, 9.17) is 10.1 Å². The Morgan fingerprint density at radius 3 is 2.49 bits per heavy atom. The molecule has 0 unspecified atom stereocenters. The van der Waals surface area contributed by atoms with Gasteiger partial charge in [-0.1, -0.05) is 31.4 Å². The molecule has 4 rings (SSSR count). The van der Waals surface area contributed by atoms with Gasteiger partial charge >= 0.3 is 6.18 Å². The number of amides is 1. The van der Waals surface area contributed by atoms with Crippen molar-refractivity contribution in [2.24, 2.45) is 10.9 Å². The lowest BCUT2D eigenvalue weighted by Crippen LogP contribution is -2.50. The molecule has 2 N–H and O–H groups in total. The molecule has 202 valence electrons. The highest BCUT2D eigenvalue weighted by molar-refractivity contribution is 7.92. The number of hydrogen-bond donors (Lipinski definition) is 2. The number of halogens is 3. The second-order valence-electron chi connectivity index (χ2n) is 9.86. The minimum Gasteiger partial charge on any atom is -0.389 e. The molecule has 1 aliphatic carbocycles. The molecule has 0 radical (unpaired) electrons. The lowest BCUT2D eigenvalue weighted by atomic mass is 9.88. The van der Waals surface area contributed by atoms with Crippen molar-refractivity contribution in [3.63, 3.8) is 0 Å². The highest BCUT2D eigenvalue weighted by atomic mass is 32.2. The summed E-state index contributed by atoms with van der Waals surface area (Å²) in [6.45, 7) is -0.737. The first-order chi connectivity index (χ1) is 17.4. The van der Waals surface area contributed by atoms with Gasteiger partial charge in [-0.15, -0.1) is 0 Å². The van der Waals surface area contributed by atoms with Gasteiger partial charge in [0.2, 0.25) is 10.0 Å². The number of benzene rings is 1. The maximum absolute atomic E-state index is 13.6. The molecule has 1 aromatic rings. The van der Waals surface area contributed by atoms with Gasteiger partial charge in [-0.2, -0.15) is 17.5 Å². The molecule has 0 aromatic heterocycles. The average Bonchev–Trinajstić information content (AvgIpc) is 3.18. The van der Waals surface area contributed by atoms with E-state index in [1.54, 1.807) is 0 Å². The molecule has 12 heteroatoms. The number of aliphatic hydroxyl groups is 1. The van der Waals surface area contributed by atoms with Crippen molar-refractivity contribution in [3.05, 3.63) is 40.3 Å². The average molecular weight is 542 g/mol. The zero-order valence-electron chi connectivity index (χ0n) is 20.3. The molecule has 0 bridgehead atoms. The van der Waals surface area contributed by atoms with E-state index in [2.05, 4.69) is 5.32 Å². The maximum Gasteiger partial charge on any atom is 0.416 e. The Morgan fingerprint density at radius 2 is 1.86 bits per heavy atom. The topological polar surface area (TPSA) is 116 Å². The van der Waals surface area contributed by atoms with E-state index in [0.717, 1.165) is 53.6 Å². The molecule has 1 amide bonds. The van der Waals surface area contributed by atoms with Crippen LogP contribution in [-0.4, -0.2) is 60.6 Å². The lowest BCUT2D eigenvalue weighted by Gasteiger charge is -2.34. The van der Waals surface area contributed by atoms with Crippen molar-refractivity contribution in [2.75, 3.05) is 19.7 Å². The predicted octanol–water partition coefficient (Wildman–Crippen LogP) is 3.05. The molecule has 1 saturated heterocycles. The van der Waals surface area contributed by atoms with E-state index in [0.29, 0.717) is 5.84 Å². The summed E-state index contributed by atoms with van der Waals surface area (Å²) >= 11 is 0. The van der Waals surface area contributed by atoms with Crippen molar-refractivity contribution >= 4 is 33.6 Å². The van der Waals surface area contributed by atoms with E-state index in [9.17, 15) is 31.2 Å². The fraction of sp³-hybridized carbons (Fsp3) is 0.560. The molecule has 8 nitrogen and oxygen atoms in total. The number of piperidine rings is 1. The van der Waals surface area contributed by atoms with Crippen LogP contribution in [0.2, 0.25) is 0 Å². The summed E-state index contributed by atoms with van der Waals surface area (Å²) in [5.74, 6) is 0.0747. The fourth-order valence-electron chi connectivity index (χ4n) is 5.19. The van der Waals surface area contributed by atoms with E-state index < -0.39 is 39.7 Å². The number of aliphatic hydroxyl groups excluding tert-OH is 1. The van der Waals surface area contributed by atoms with Gasteiger partial charge in [-0.05, 0) is 49.0 Å². The van der Waals surface area contributed by atoms with Gasteiger partial charge < -0.3 is 10.4 Å². The highest BCUT2D eigenvalue weighted by Gasteiger charge is 2.48. The number of aliphatic imine (C=N–C) groups is 1. The first-order valence-electron chi connectivity index (χ1n) is 12.4. The third-order valence-electron chi connectivity index (χ3n) is 7.32. The van der Waals surface area contributed by atoms with Crippen LogP contribution in [0.3, 0.4) is 0 Å². The number of ketones is 1. The fourth-order valence-corrected chi connectivity index (χ4v) is 6.38. The molecule has 1 spiro atoms. The van der Waals surface area contributed by atoms with Crippen LogP contribution in [-0.2, 0) is 32.2 Å². The van der Waals surface area contributed by atoms with E-state index in [-0.39, 0.29) is 55.3 Å². The number of amidine groups is 1. The van der Waals surface area contributed by atoms with Gasteiger partial charge in [-0.25, -0.2) is 8.42 Å². The quantitative estimate of drug-likeness (QED) is 0.551. The summed E-state index contributed by atoms with van der Waals surface area (Å²) < 4.78 is 67.8. The summed E-state index contributed by atoms with van der Waals surface area (Å²) in [5, 5.41) is 12.5. The SMILES string of the molecule is O=C(CO)Cc1ccc(/C=C/S(=O)(=O)N2CCC3(CC2)N=C(C2CCCCC2)NC3=O)c(C(F)(F)F)c1. The molecular formula is C25H30F3N3O5S. The molecule has 1 saturated carbocycles. The Kier molecular flexibility index (Phi) is 7.91. The number of carbonyl (C=O) groups is 2.